The summed E-state index contributed by atoms with van der Waals surface area (Å²) in [6, 6.07) is 0. The van der Waals surface area contributed by atoms with Gasteiger partial charge in [0.25, 0.3) is 0 Å². The fraction of sp³-hybridized carbons (Fsp3) is 0.529. The van der Waals surface area contributed by atoms with Gasteiger partial charge in [0.2, 0.25) is 0 Å². The van der Waals surface area contributed by atoms with E-state index in [1.807, 2.05) is 0 Å². The molecule has 7 aliphatic rings. The molecule has 28 atom stereocenters. The van der Waals surface area contributed by atoms with Crippen molar-refractivity contribution >= 4 is 227 Å². The second-order valence-electron chi connectivity index (χ2n) is 33.6. The molecule has 12 aromatic rings. The molecule has 14 unspecified atom stereocenters. The van der Waals surface area contributed by atoms with Gasteiger partial charge in [-0.1, -0.05) is 70.8 Å². The van der Waals surface area contributed by atoms with Crippen LogP contribution in [-0.2, 0) is 180 Å². The third-order valence-corrected chi connectivity index (χ3v) is 34.3. The molecular formula is C70H83N31O30P7S7-7. The molecule has 7 saturated heterocycles. The number of nitrogen functional groups attached to an aromatic ring is 7. The average Bonchev–Trinajstić information content (AvgIpc) is 1.63. The van der Waals surface area contributed by atoms with Crippen molar-refractivity contribution < 1.29 is 131 Å². The largest absolute Gasteiger partial charge is 0.780 e. The Hall–Kier alpha value is -7.49. The van der Waals surface area contributed by atoms with Gasteiger partial charge in [0, 0.05) is 68.5 Å². The molecule has 0 saturated carbocycles. The molecule has 61 nitrogen and oxygen atoms in total. The van der Waals surface area contributed by atoms with Gasteiger partial charge in [-0.25, -0.2) is 84.3 Å². The van der Waals surface area contributed by atoms with Gasteiger partial charge in [0.05, 0.1) is 120 Å². The Morgan fingerprint density at radius 2 is 0.559 bits per heavy atom. The van der Waals surface area contributed by atoms with Gasteiger partial charge >= 0.3 is 11.4 Å². The lowest BCUT2D eigenvalue weighted by Gasteiger charge is -2.36. The van der Waals surface area contributed by atoms with Gasteiger partial charge in [-0.05, 0) is 20.8 Å². The maximum atomic E-state index is 15.1. The highest BCUT2D eigenvalue weighted by atomic mass is 32.7. The molecule has 19 rings (SSSR count). The van der Waals surface area contributed by atoms with E-state index in [0.717, 1.165) is 15.5 Å². The number of aryl methyl sites for hydroxylation is 2. The van der Waals surface area contributed by atoms with E-state index in [0.29, 0.717) is 22.3 Å². The highest BCUT2D eigenvalue weighted by Gasteiger charge is 2.50. The van der Waals surface area contributed by atoms with Crippen LogP contribution >= 0.6 is 47.1 Å². The number of hydrogen-bond donors (Lipinski definition) is 8. The number of nitrogens with two attached hydrogens (primary N) is 7. The summed E-state index contributed by atoms with van der Waals surface area (Å²) >= 11 is 38.0. The lowest BCUT2D eigenvalue weighted by Crippen LogP contribution is -2.34. The summed E-state index contributed by atoms with van der Waals surface area (Å²) < 4.78 is 146. The predicted octanol–water partition coefficient (Wildman–Crippen LogP) is -1.62. The monoisotopic (exact) mass is 2280 g/mol. The maximum Gasteiger partial charge on any atom is 0.351 e. The number of imidazole rings is 5. The van der Waals surface area contributed by atoms with Gasteiger partial charge in [-0.3, -0.25) is 36.5 Å². The third kappa shape index (κ3) is 23.7. The maximum absolute atomic E-state index is 15.1. The predicted molar refractivity (Wildman–Crippen MR) is 512 cm³/mol. The number of fused-ring (bicyclic) bond motifs is 5. The smallest absolute Gasteiger partial charge is 0.351 e. The molecule has 15 N–H and O–H groups in total. The quantitative estimate of drug-likeness (QED) is 0.0158. The Labute approximate surface area is 851 Å². The van der Waals surface area contributed by atoms with Crippen LogP contribution in [0.25, 0.3) is 55.8 Å². The first kappa shape index (κ1) is 106. The van der Waals surface area contributed by atoms with Crippen molar-refractivity contribution in [1.29, 1.82) is 0 Å². The van der Waals surface area contributed by atoms with E-state index < -0.39 is 234 Å². The molecule has 0 aliphatic carbocycles. The van der Waals surface area contributed by atoms with Crippen molar-refractivity contribution in [3.63, 3.8) is 0 Å². The molecule has 0 amide bonds. The Kier molecular flexibility index (Phi) is 30.9. The third-order valence-electron chi connectivity index (χ3n) is 24.1. The second-order valence-corrected chi connectivity index (χ2v) is 52.3. The molecule has 0 spiro atoms. The molecule has 0 radical (unpaired) electrons. The number of hydrogen-bond acceptors (Lipinski definition) is 60. The van der Waals surface area contributed by atoms with Crippen LogP contribution in [0.2, 0.25) is 0 Å². The van der Waals surface area contributed by atoms with E-state index in [9.17, 15) is 38.6 Å². The van der Waals surface area contributed by atoms with E-state index >= 15 is 9.79 Å². The Bertz CT molecular complexity index is 7420. The number of aromatic nitrogens is 24. The van der Waals surface area contributed by atoms with Crippen LogP contribution in [0, 0.1) is 13.8 Å². The summed E-state index contributed by atoms with van der Waals surface area (Å²) in [7, 11) is 0. The number of anilines is 7. The average molecular weight is 2280 g/mol. The standard InChI is InChI=1S/C70H90N31O30P7S7/c1-29-11-95(69(102)93-57(29)71)45-6-34(127-134(107,141)113-13-39-33(125-132(104,105)139)5-48(121-39)98-25-89-53-60(74)79-20-84-65(53)98)40(119-45)14-114-136(109,143)130-37-9-50(100-27-91-55-62(76)81-22-86-67(55)100)123-43(37)17-116-135(108,142)128-35-7-46(96-12-30(2)58(72)94-70(96)103)120-41(35)15-115-137(110,144)131-38-10-51(101-28-92-56-63(77)82-23-87-68(56)101)124-44(38)18-117-138(111,145)129-36-8-49(99-26-90-54-61(75)80-21-85-66(54)99)122-42(36)16-112-133(106,140)126-32-4-47(118-31(32)3)97-24-88-52-59(73)78-19-83-64(52)97/h11-12,19-28,31-51H,4-10,13-18H2,1-3H3,(H,106,140)(H,107,141)(H,108,142)(H,109,143)(H,110,144)(H,111,145)(H2,71,93,102)(H2,72,94,103)(H2,73,78,83)(H2,74,79,84)(H2,75,80,85)(H2,76,81,86)(H2,77,82,87)(H2,104,105,139)/p-7/t31-,32?,33?,34?,35?,36?,37?,38?,39-,40-,41-,42-,43-,44-,45-,46-,47-,48-,49-,50-,51-,133?,134?,135?,136?,137?,138?/m1/s1. The van der Waals surface area contributed by atoms with Crippen molar-refractivity contribution in [2.24, 2.45) is 0 Å². The molecular weight excluding hydrogens is 2200 g/mol. The molecule has 0 bridgehead atoms. The highest BCUT2D eigenvalue weighted by molar-refractivity contribution is 8.32. The van der Waals surface area contributed by atoms with Crippen molar-refractivity contribution in [3.8, 4) is 0 Å². The van der Waals surface area contributed by atoms with Gasteiger partial charge in [-0.2, -0.15) is 9.97 Å². The highest BCUT2D eigenvalue weighted by Crippen LogP contribution is 2.57. The van der Waals surface area contributed by atoms with Gasteiger partial charge in [0.1, 0.15) is 191 Å². The second kappa shape index (κ2) is 42.3. The summed E-state index contributed by atoms with van der Waals surface area (Å²) in [4.78, 5) is 195. The first-order chi connectivity index (χ1) is 68.7. The van der Waals surface area contributed by atoms with E-state index in [4.69, 9.17) is 215 Å². The van der Waals surface area contributed by atoms with Crippen molar-refractivity contribution in [3.05, 3.63) is 108 Å². The molecule has 7 fully saturated rings. The summed E-state index contributed by atoms with van der Waals surface area (Å²) in [5.74, 6) is -0.0651. The summed E-state index contributed by atoms with van der Waals surface area (Å²) in [5.41, 5.74) is 43.6. The van der Waals surface area contributed by atoms with Crippen molar-refractivity contribution in [1.82, 2.24) is 117 Å². The number of nitrogens with zero attached hydrogens (tertiary/aromatic N) is 24. The minimum absolute atomic E-state index is 0.00874. The first-order valence-corrected chi connectivity index (χ1v) is 61.1. The molecule has 145 heavy (non-hydrogen) atoms. The molecule has 7 aliphatic heterocycles. The van der Waals surface area contributed by atoms with Crippen LogP contribution in [0.15, 0.2) is 85.3 Å². The van der Waals surface area contributed by atoms with Crippen LogP contribution in [-0.4, -0.2) is 247 Å². The lowest BCUT2D eigenvalue weighted by atomic mass is 10.2. The fourth-order valence-electron chi connectivity index (χ4n) is 17.2. The van der Waals surface area contributed by atoms with E-state index in [1.54, 1.807) is 25.3 Å². The minimum Gasteiger partial charge on any atom is -0.780 e. The van der Waals surface area contributed by atoms with Crippen molar-refractivity contribution in [2.45, 2.75) is 195 Å². The topological polar surface area (TPSA) is 830 Å². The lowest BCUT2D eigenvalue weighted by molar-refractivity contribution is -0.221. The van der Waals surface area contributed by atoms with Gasteiger partial charge in [0.15, 0.2) is 64.1 Å². The number of rotatable bonds is 39. The SMILES string of the molecule is Cc1cn([C@H]2CC(OP([O-])(=S)OC[C@H]3O[C@@H](n4cnc5c(N)ncnc54)CC3OP([O-])(=S)OC[C@H]3O[C@@H](n4cc(C)c(N)nc4=O)CC3OP([O-])(=S)OC[C@H]3O[C@@H](n4cnc5c(N)ncnc54)CC3OP([O-])(O)=S)[C@@H](COP([O-])(=S)OC3C[C@H](n4cnc5c(N)ncnc54)O[C@@H]3COP(=O)([S-])OC3C[C@H](n4cnc5c(N)ncnc54)O[C@@H]3COP([O-])(=S)OC3C[C@H](n4cnc5c(N)ncnc54)O[C@@H]3C)O2)c(=O)nc1N. The van der Waals surface area contributed by atoms with E-state index in [1.165, 1.54) is 87.6 Å². The zero-order chi connectivity index (χ0) is 103. The van der Waals surface area contributed by atoms with E-state index in [-0.39, 0.29) is 124 Å². The molecule has 19 heterocycles. The van der Waals surface area contributed by atoms with Crippen LogP contribution in [0.1, 0.15) is 107 Å². The van der Waals surface area contributed by atoms with E-state index in [2.05, 4.69) is 84.7 Å². The minimum atomic E-state index is -4.99. The summed E-state index contributed by atoms with van der Waals surface area (Å²) in [6.45, 7) is -33.6. The Balaban J connectivity index is 0.535. The summed E-state index contributed by atoms with van der Waals surface area (Å²) in [5, 5.41) is 0. The van der Waals surface area contributed by atoms with Gasteiger partial charge in [-0.15, -0.1) is 0 Å². The van der Waals surface area contributed by atoms with Crippen LogP contribution in [0.5, 0.6) is 0 Å². The Morgan fingerprint density at radius 3 is 0.821 bits per heavy atom. The normalized spacial score (nSPS) is 29.7. The van der Waals surface area contributed by atoms with Crippen LogP contribution in [0.3, 0.4) is 0 Å². The zero-order valence-corrected chi connectivity index (χ0v) is 86.8. The molecule has 782 valence electrons. The molecule has 75 heteroatoms. The molecule has 0 aromatic carbocycles. The van der Waals surface area contributed by atoms with Gasteiger partial charge < -0.3 is 179 Å². The zero-order valence-electron chi connectivity index (χ0n) is 74.8. The van der Waals surface area contributed by atoms with Crippen LogP contribution < -0.4 is 80.9 Å². The first-order valence-electron chi connectivity index (χ1n) is 43.2. The molecule has 12 aromatic heterocycles. The Morgan fingerprint density at radius 1 is 0.338 bits per heavy atom. The fourth-order valence-corrected chi connectivity index (χ4v) is 26.9. The van der Waals surface area contributed by atoms with Crippen LogP contribution in [0.4, 0.5) is 40.7 Å². The number of ether oxygens (including phenoxy) is 7. The summed E-state index contributed by atoms with van der Waals surface area (Å²) in [6.07, 6.45) is -12.9. The van der Waals surface area contributed by atoms with Crippen molar-refractivity contribution in [2.75, 3.05) is 79.8 Å².